The van der Waals surface area contributed by atoms with Gasteiger partial charge in [-0.3, -0.25) is 14.9 Å². The average Bonchev–Trinajstić information content (AvgIpc) is 2.68. The van der Waals surface area contributed by atoms with E-state index in [1.807, 2.05) is 6.92 Å². The summed E-state index contributed by atoms with van der Waals surface area (Å²) >= 11 is 0. The normalized spacial score (nSPS) is 18.4. The van der Waals surface area contributed by atoms with E-state index in [4.69, 9.17) is 4.74 Å². The van der Waals surface area contributed by atoms with E-state index in [2.05, 4.69) is 22.5 Å². The second kappa shape index (κ2) is 8.42. The molecule has 0 aromatic heterocycles. The summed E-state index contributed by atoms with van der Waals surface area (Å²) < 4.78 is 5.42. The van der Waals surface area contributed by atoms with Gasteiger partial charge in [0, 0.05) is 23.5 Å². The number of ether oxygens (including phenoxy) is 1. The van der Waals surface area contributed by atoms with Crippen LogP contribution in [-0.2, 0) is 4.79 Å². The number of nitrogens with zero attached hydrogens (tertiary/aromatic N) is 1. The number of amides is 3. The molecule has 3 N–H and O–H groups in total. The Morgan fingerprint density at radius 3 is 2.66 bits per heavy atom. The number of nitrogens with one attached hydrogen (secondary N) is 3. The van der Waals surface area contributed by atoms with Crippen LogP contribution in [0.15, 0.2) is 60.8 Å². The number of carbonyl (C=O) groups excluding carboxylic acids is 2. The minimum Gasteiger partial charge on any atom is -0.494 e. The highest BCUT2D eigenvalue weighted by molar-refractivity contribution is 5.97. The third kappa shape index (κ3) is 4.52. The van der Waals surface area contributed by atoms with Gasteiger partial charge in [0.05, 0.1) is 17.6 Å². The molecule has 0 radical (unpaired) electrons. The molecular weight excluding hydrogens is 376 g/mol. The second-order valence-electron chi connectivity index (χ2n) is 6.38. The maximum atomic E-state index is 13.0. The Labute approximate surface area is 166 Å². The van der Waals surface area contributed by atoms with Crippen LogP contribution in [-0.4, -0.2) is 23.5 Å². The van der Waals surface area contributed by atoms with Crippen molar-refractivity contribution < 1.29 is 19.2 Å². The Morgan fingerprint density at radius 1 is 1.28 bits per heavy atom. The van der Waals surface area contributed by atoms with Crippen molar-refractivity contribution in [2.45, 2.75) is 13.0 Å². The third-order valence-electron chi connectivity index (χ3n) is 4.43. The molecule has 1 fully saturated rings. The number of non-ortho nitro benzene ring substituents is 1. The molecule has 0 spiro atoms. The number of nitro benzene ring substituents is 1. The molecular formula is C20H20N4O5. The van der Waals surface area contributed by atoms with Gasteiger partial charge in [0.15, 0.2) is 0 Å². The third-order valence-corrected chi connectivity index (χ3v) is 4.43. The summed E-state index contributed by atoms with van der Waals surface area (Å²) in [4.78, 5) is 35.3. The van der Waals surface area contributed by atoms with Crippen molar-refractivity contribution in [1.29, 1.82) is 0 Å². The van der Waals surface area contributed by atoms with Gasteiger partial charge in [-0.25, -0.2) is 4.79 Å². The Kier molecular flexibility index (Phi) is 5.77. The number of hydrogen-bond acceptors (Lipinski definition) is 5. The standard InChI is InChI=1S/C20H20N4O5/c1-3-29-16-9-7-13(8-10-16)18-17(12(2)21-20(26)23-18)19(25)22-14-5-4-6-15(11-14)24(27)28/h4-11,17-18H,2-3H2,1H3,(H,22,25)(H2,21,23,26)/t17-,18+/m1/s1. The summed E-state index contributed by atoms with van der Waals surface area (Å²) in [5, 5.41) is 18.9. The molecule has 1 heterocycles. The summed E-state index contributed by atoms with van der Waals surface area (Å²) in [7, 11) is 0. The number of nitro groups is 1. The monoisotopic (exact) mass is 396 g/mol. The van der Waals surface area contributed by atoms with E-state index in [0.717, 1.165) is 0 Å². The van der Waals surface area contributed by atoms with E-state index in [0.29, 0.717) is 17.9 Å². The molecule has 0 saturated carbocycles. The number of hydrogen-bond donors (Lipinski definition) is 3. The lowest BCUT2D eigenvalue weighted by molar-refractivity contribution is -0.384. The average molecular weight is 396 g/mol. The van der Waals surface area contributed by atoms with Crippen LogP contribution in [0.25, 0.3) is 0 Å². The van der Waals surface area contributed by atoms with E-state index in [9.17, 15) is 19.7 Å². The summed E-state index contributed by atoms with van der Waals surface area (Å²) in [6.07, 6.45) is 0. The van der Waals surface area contributed by atoms with E-state index in [1.54, 1.807) is 30.3 Å². The molecule has 9 heteroatoms. The summed E-state index contributed by atoms with van der Waals surface area (Å²) in [5.41, 5.74) is 1.07. The van der Waals surface area contributed by atoms with Gasteiger partial charge in [0.25, 0.3) is 5.69 Å². The highest BCUT2D eigenvalue weighted by Crippen LogP contribution is 2.31. The summed E-state index contributed by atoms with van der Waals surface area (Å²) in [5.74, 6) is -0.611. The van der Waals surface area contributed by atoms with Gasteiger partial charge < -0.3 is 20.7 Å². The van der Waals surface area contributed by atoms with Crippen molar-refractivity contribution in [2.24, 2.45) is 5.92 Å². The van der Waals surface area contributed by atoms with Crippen LogP contribution in [0.5, 0.6) is 5.75 Å². The summed E-state index contributed by atoms with van der Waals surface area (Å²) in [6, 6.07) is 11.5. The fourth-order valence-electron chi connectivity index (χ4n) is 3.13. The Hall–Kier alpha value is -3.88. The van der Waals surface area contributed by atoms with Crippen molar-refractivity contribution >= 4 is 23.3 Å². The molecule has 2 aromatic rings. The Morgan fingerprint density at radius 2 is 2.00 bits per heavy atom. The topological polar surface area (TPSA) is 123 Å². The van der Waals surface area contributed by atoms with Crippen LogP contribution in [0.2, 0.25) is 0 Å². The molecule has 0 unspecified atom stereocenters. The number of benzene rings is 2. The smallest absolute Gasteiger partial charge is 0.319 e. The van der Waals surface area contributed by atoms with E-state index in [-0.39, 0.29) is 17.1 Å². The van der Waals surface area contributed by atoms with Crippen LogP contribution in [0, 0.1) is 16.0 Å². The SMILES string of the molecule is C=C1NC(=O)N[C@@H](c2ccc(OCC)cc2)[C@@H]1C(=O)Nc1cccc([N+](=O)[O-])c1. The van der Waals surface area contributed by atoms with Crippen LogP contribution in [0.3, 0.4) is 0 Å². The van der Waals surface area contributed by atoms with Crippen molar-refractivity contribution in [1.82, 2.24) is 10.6 Å². The molecule has 0 bridgehead atoms. The molecule has 2 aromatic carbocycles. The fourth-order valence-corrected chi connectivity index (χ4v) is 3.13. The minimum absolute atomic E-state index is 0.139. The lowest BCUT2D eigenvalue weighted by atomic mass is 9.88. The predicted octanol–water partition coefficient (Wildman–Crippen LogP) is 3.12. The molecule has 0 aliphatic carbocycles. The number of urea groups is 1. The molecule has 3 amide bonds. The molecule has 1 aliphatic rings. The molecule has 29 heavy (non-hydrogen) atoms. The van der Waals surface area contributed by atoms with Crippen molar-refractivity contribution in [3.05, 3.63) is 76.5 Å². The zero-order chi connectivity index (χ0) is 21.0. The molecule has 150 valence electrons. The van der Waals surface area contributed by atoms with E-state index in [1.165, 1.54) is 18.2 Å². The number of rotatable bonds is 6. The highest BCUT2D eigenvalue weighted by atomic mass is 16.6. The fraction of sp³-hybridized carbons (Fsp3) is 0.200. The lowest BCUT2D eigenvalue weighted by Gasteiger charge is -2.34. The van der Waals surface area contributed by atoms with Crippen LogP contribution in [0.4, 0.5) is 16.2 Å². The van der Waals surface area contributed by atoms with Gasteiger partial charge in [-0.15, -0.1) is 0 Å². The molecule has 9 nitrogen and oxygen atoms in total. The molecule has 1 saturated heterocycles. The molecule has 2 atom stereocenters. The first-order valence-electron chi connectivity index (χ1n) is 8.93. The quantitative estimate of drug-likeness (QED) is 0.511. The number of anilines is 1. The van der Waals surface area contributed by atoms with Gasteiger partial charge in [-0.05, 0) is 30.7 Å². The zero-order valence-electron chi connectivity index (χ0n) is 15.7. The Balaban J connectivity index is 1.86. The van der Waals surface area contributed by atoms with Crippen molar-refractivity contribution in [3.8, 4) is 5.75 Å². The second-order valence-corrected chi connectivity index (χ2v) is 6.38. The van der Waals surface area contributed by atoms with Gasteiger partial charge >= 0.3 is 6.03 Å². The minimum atomic E-state index is -0.829. The first-order chi connectivity index (χ1) is 13.9. The largest absolute Gasteiger partial charge is 0.494 e. The number of carbonyl (C=O) groups is 2. The van der Waals surface area contributed by atoms with E-state index >= 15 is 0 Å². The van der Waals surface area contributed by atoms with Crippen molar-refractivity contribution in [2.75, 3.05) is 11.9 Å². The van der Waals surface area contributed by atoms with Gasteiger partial charge in [0.1, 0.15) is 11.7 Å². The van der Waals surface area contributed by atoms with Crippen LogP contribution in [0.1, 0.15) is 18.5 Å². The highest BCUT2D eigenvalue weighted by Gasteiger charge is 2.37. The first-order valence-corrected chi connectivity index (χ1v) is 8.93. The van der Waals surface area contributed by atoms with Gasteiger partial charge in [-0.2, -0.15) is 0 Å². The Bertz CT molecular complexity index is 958. The first kappa shape index (κ1) is 19.9. The van der Waals surface area contributed by atoms with Gasteiger partial charge in [-0.1, -0.05) is 24.8 Å². The maximum absolute atomic E-state index is 13.0. The van der Waals surface area contributed by atoms with Gasteiger partial charge in [0.2, 0.25) is 5.91 Å². The lowest BCUT2D eigenvalue weighted by Crippen LogP contribution is -2.51. The predicted molar refractivity (Wildman–Crippen MR) is 106 cm³/mol. The van der Waals surface area contributed by atoms with E-state index < -0.39 is 28.8 Å². The molecule has 1 aliphatic heterocycles. The van der Waals surface area contributed by atoms with Crippen molar-refractivity contribution in [3.63, 3.8) is 0 Å². The molecule has 3 rings (SSSR count). The summed E-state index contributed by atoms with van der Waals surface area (Å²) in [6.45, 7) is 6.21. The maximum Gasteiger partial charge on any atom is 0.319 e. The zero-order valence-corrected chi connectivity index (χ0v) is 15.7. The van der Waals surface area contributed by atoms with Crippen LogP contribution >= 0.6 is 0 Å². The van der Waals surface area contributed by atoms with Crippen LogP contribution < -0.4 is 20.7 Å².